The van der Waals surface area contributed by atoms with Crippen LogP contribution in [-0.2, 0) is 25.9 Å². The topological polar surface area (TPSA) is 7.76 Å². The van der Waals surface area contributed by atoms with Crippen molar-refractivity contribution in [3.63, 3.8) is 0 Å². The van der Waals surface area contributed by atoms with Crippen LogP contribution in [0.4, 0.5) is 0 Å². The number of halogens is 2. The van der Waals surface area contributed by atoms with Crippen LogP contribution < -0.4 is 43.1 Å². The zero-order chi connectivity index (χ0) is 23.9. The summed E-state index contributed by atoms with van der Waals surface area (Å²) in [4.78, 5) is 0. The first-order valence-corrected chi connectivity index (χ1v) is 12.6. The van der Waals surface area contributed by atoms with Crippen molar-refractivity contribution >= 4 is 0 Å². The van der Waals surface area contributed by atoms with Crippen LogP contribution in [0.3, 0.4) is 0 Å². The fourth-order valence-corrected chi connectivity index (χ4v) is 4.91. The Morgan fingerprint density at radius 2 is 0.778 bits per heavy atom. The second-order valence-corrected chi connectivity index (χ2v) is 9.86. The van der Waals surface area contributed by atoms with Gasteiger partial charge in [0.25, 0.3) is 0 Å². The average Bonchev–Trinajstić information content (AvgIpc) is 2.79. The molecule has 4 rings (SSSR count). The van der Waals surface area contributed by atoms with Crippen LogP contribution in [0.2, 0.25) is 0 Å². The summed E-state index contributed by atoms with van der Waals surface area (Å²) in [5, 5.41) is 0. The van der Waals surface area contributed by atoms with E-state index in [0.717, 1.165) is 38.8 Å². The first-order chi connectivity index (χ1) is 16.4. The molecule has 0 atom stereocenters. The van der Waals surface area contributed by atoms with Crippen molar-refractivity contribution in [1.82, 2.24) is 0 Å². The molecular formula is C32H38Br2N2. The minimum absolute atomic E-state index is 0. The SMILES string of the molecule is Cc1cc(C)c[n+](CCCc2ccc(-c3ccc(CCC[n+]4cc(C)cc(C)c4)cc3)cc2)c1.[Br-].[Br-]. The fraction of sp³-hybridized carbons (Fsp3) is 0.312. The van der Waals surface area contributed by atoms with Gasteiger partial charge in [0.1, 0.15) is 13.1 Å². The smallest absolute Gasteiger partial charge is 0.171 e. The van der Waals surface area contributed by atoms with Gasteiger partial charge in [0.15, 0.2) is 24.8 Å². The highest BCUT2D eigenvalue weighted by Gasteiger charge is 2.06. The van der Waals surface area contributed by atoms with Gasteiger partial charge in [-0.25, -0.2) is 9.13 Å². The van der Waals surface area contributed by atoms with Gasteiger partial charge in [-0.1, -0.05) is 48.5 Å². The molecule has 0 unspecified atom stereocenters. The molecule has 0 aliphatic heterocycles. The van der Waals surface area contributed by atoms with Crippen LogP contribution in [0.25, 0.3) is 11.1 Å². The van der Waals surface area contributed by atoms with E-state index >= 15 is 0 Å². The molecule has 2 nitrogen and oxygen atoms in total. The van der Waals surface area contributed by atoms with Crippen LogP contribution in [0.15, 0.2) is 85.5 Å². The maximum Gasteiger partial charge on any atom is 0.171 e. The number of benzene rings is 2. The Balaban J connectivity index is 0.00000228. The minimum atomic E-state index is 0. The Bertz CT molecular complexity index is 1090. The summed E-state index contributed by atoms with van der Waals surface area (Å²) in [5.41, 5.74) is 10.7. The predicted octanol–water partition coefficient (Wildman–Crippen LogP) is 0.436. The number of rotatable bonds is 9. The van der Waals surface area contributed by atoms with Crippen LogP contribution in [-0.4, -0.2) is 0 Å². The largest absolute Gasteiger partial charge is 1.00 e. The van der Waals surface area contributed by atoms with Crippen molar-refractivity contribution in [2.75, 3.05) is 0 Å². The summed E-state index contributed by atoms with van der Waals surface area (Å²) in [7, 11) is 0. The number of aromatic nitrogens is 2. The van der Waals surface area contributed by atoms with Gasteiger partial charge >= 0.3 is 0 Å². The molecule has 0 aliphatic rings. The Hall–Kier alpha value is -2.30. The lowest BCUT2D eigenvalue weighted by molar-refractivity contribution is -0.698. The summed E-state index contributed by atoms with van der Waals surface area (Å²) >= 11 is 0. The molecule has 2 aromatic carbocycles. The Labute approximate surface area is 238 Å². The molecule has 2 aromatic heterocycles. The minimum Gasteiger partial charge on any atom is -1.00 e. The molecule has 0 aliphatic carbocycles. The van der Waals surface area contributed by atoms with E-state index in [1.807, 2.05) is 0 Å². The van der Waals surface area contributed by atoms with E-state index in [0.29, 0.717) is 0 Å². The lowest BCUT2D eigenvalue weighted by atomic mass is 10.00. The van der Waals surface area contributed by atoms with Crippen LogP contribution in [0, 0.1) is 27.7 Å². The Morgan fingerprint density at radius 3 is 1.08 bits per heavy atom. The van der Waals surface area contributed by atoms with Gasteiger partial charge < -0.3 is 34.0 Å². The first kappa shape index (κ1) is 29.9. The molecule has 2 heterocycles. The van der Waals surface area contributed by atoms with E-state index in [9.17, 15) is 0 Å². The molecular weight excluding hydrogens is 572 g/mol. The zero-order valence-electron chi connectivity index (χ0n) is 22.0. The monoisotopic (exact) mass is 608 g/mol. The molecule has 36 heavy (non-hydrogen) atoms. The van der Waals surface area contributed by atoms with E-state index in [1.165, 1.54) is 44.5 Å². The van der Waals surface area contributed by atoms with Crippen molar-refractivity contribution in [3.8, 4) is 11.1 Å². The van der Waals surface area contributed by atoms with Gasteiger partial charge in [0.2, 0.25) is 0 Å². The molecule has 0 bridgehead atoms. The van der Waals surface area contributed by atoms with Gasteiger partial charge in [-0.05, 0) is 74.9 Å². The summed E-state index contributed by atoms with van der Waals surface area (Å²) in [6, 6.07) is 22.7. The van der Waals surface area contributed by atoms with Gasteiger partial charge in [-0.2, -0.15) is 0 Å². The number of aryl methyl sites for hydroxylation is 8. The summed E-state index contributed by atoms with van der Waals surface area (Å²) in [6.45, 7) is 10.8. The summed E-state index contributed by atoms with van der Waals surface area (Å²) in [6.07, 6.45) is 13.5. The number of hydrogen-bond acceptors (Lipinski definition) is 0. The highest BCUT2D eigenvalue weighted by atomic mass is 79.9. The number of pyridine rings is 2. The molecule has 0 N–H and O–H groups in total. The van der Waals surface area contributed by atoms with E-state index in [4.69, 9.17) is 0 Å². The second-order valence-electron chi connectivity index (χ2n) is 9.86. The van der Waals surface area contributed by atoms with Gasteiger partial charge in [0, 0.05) is 35.1 Å². The fourth-order valence-electron chi connectivity index (χ4n) is 4.91. The third kappa shape index (κ3) is 8.97. The molecule has 0 amide bonds. The third-order valence-corrected chi connectivity index (χ3v) is 6.39. The molecule has 190 valence electrons. The molecule has 0 fully saturated rings. The highest BCUT2D eigenvalue weighted by Crippen LogP contribution is 2.21. The molecule has 0 spiro atoms. The van der Waals surface area contributed by atoms with Crippen molar-refractivity contribution in [2.24, 2.45) is 0 Å². The number of hydrogen-bond donors (Lipinski definition) is 0. The maximum absolute atomic E-state index is 2.32. The predicted molar refractivity (Wildman–Crippen MR) is 141 cm³/mol. The number of nitrogens with zero attached hydrogens (tertiary/aromatic N) is 2. The first-order valence-electron chi connectivity index (χ1n) is 12.6. The van der Waals surface area contributed by atoms with Gasteiger partial charge in [-0.15, -0.1) is 0 Å². The molecule has 4 aromatic rings. The molecule has 0 saturated carbocycles. The van der Waals surface area contributed by atoms with Crippen LogP contribution >= 0.6 is 0 Å². The Morgan fingerprint density at radius 1 is 0.472 bits per heavy atom. The summed E-state index contributed by atoms with van der Waals surface area (Å²) in [5.74, 6) is 0. The zero-order valence-corrected chi connectivity index (χ0v) is 25.1. The van der Waals surface area contributed by atoms with E-state index in [-0.39, 0.29) is 34.0 Å². The van der Waals surface area contributed by atoms with E-state index < -0.39 is 0 Å². The van der Waals surface area contributed by atoms with Gasteiger partial charge in [0.05, 0.1) is 0 Å². The quantitative estimate of drug-likeness (QED) is 0.243. The van der Waals surface area contributed by atoms with Crippen molar-refractivity contribution in [1.29, 1.82) is 0 Å². The van der Waals surface area contributed by atoms with E-state index in [1.54, 1.807) is 0 Å². The average molecular weight is 610 g/mol. The van der Waals surface area contributed by atoms with Crippen molar-refractivity contribution < 1.29 is 43.1 Å². The lowest BCUT2D eigenvalue weighted by Crippen LogP contribution is -3.00. The van der Waals surface area contributed by atoms with Crippen molar-refractivity contribution in [2.45, 2.75) is 66.5 Å². The molecule has 0 saturated heterocycles. The Kier molecular flexibility index (Phi) is 12.0. The van der Waals surface area contributed by atoms with Crippen LogP contribution in [0.1, 0.15) is 46.2 Å². The summed E-state index contributed by atoms with van der Waals surface area (Å²) < 4.78 is 4.64. The highest BCUT2D eigenvalue weighted by molar-refractivity contribution is 5.64. The molecule has 0 radical (unpaired) electrons. The standard InChI is InChI=1S/C32H38N2.2BrH/c1-25-19-26(2)22-33(21-25)17-5-7-29-9-13-31(14-10-29)32-15-11-30(12-16-32)8-6-18-34-23-27(3)20-28(4)24-34;;/h9-16,19-24H,5-8,17-18H2,1-4H3;2*1H/q+2;;/p-2. The lowest BCUT2D eigenvalue weighted by Gasteiger charge is -2.06. The second kappa shape index (κ2) is 14.4. The molecule has 4 heteroatoms. The normalized spacial score (nSPS) is 10.4. The maximum atomic E-state index is 2.32. The van der Waals surface area contributed by atoms with Crippen molar-refractivity contribution in [3.05, 3.63) is 119 Å². The third-order valence-electron chi connectivity index (χ3n) is 6.39. The van der Waals surface area contributed by atoms with Gasteiger partial charge in [-0.3, -0.25) is 0 Å². The van der Waals surface area contributed by atoms with E-state index in [2.05, 4.69) is 122 Å². The van der Waals surface area contributed by atoms with Crippen LogP contribution in [0.5, 0.6) is 0 Å².